The molecule has 2 amide bonds. The Morgan fingerprint density at radius 3 is 2.55 bits per heavy atom. The van der Waals surface area contributed by atoms with Gasteiger partial charge in [-0.2, -0.15) is 4.99 Å². The normalized spacial score (nSPS) is 23.6. The van der Waals surface area contributed by atoms with Crippen molar-refractivity contribution < 1.29 is 22.7 Å². The summed E-state index contributed by atoms with van der Waals surface area (Å²) in [5.74, 6) is -0.195. The number of amides is 2. The van der Waals surface area contributed by atoms with E-state index in [4.69, 9.17) is 4.74 Å². The maximum absolute atomic E-state index is 12.4. The SMILES string of the molecule is Cc1ccc(CN2C(=NC(=O)CCNC(=O)OC(C)(C)C)S[C@@H]3CS(=O)(=O)C[C@H]32)cc1. The van der Waals surface area contributed by atoms with E-state index in [2.05, 4.69) is 10.3 Å². The first-order valence-electron chi connectivity index (χ1n) is 10.2. The third kappa shape index (κ3) is 6.70. The second-order valence-electron chi connectivity index (χ2n) is 8.88. The van der Waals surface area contributed by atoms with E-state index in [1.165, 1.54) is 11.8 Å². The fourth-order valence-electron chi connectivity index (χ4n) is 3.46. The highest BCUT2D eigenvalue weighted by Gasteiger charge is 2.48. The minimum absolute atomic E-state index is 0.0370. The Kier molecular flexibility index (Phi) is 7.00. The van der Waals surface area contributed by atoms with Crippen molar-refractivity contribution in [3.05, 3.63) is 35.4 Å². The second-order valence-corrected chi connectivity index (χ2v) is 12.2. The zero-order valence-corrected chi connectivity index (χ0v) is 19.9. The van der Waals surface area contributed by atoms with Crippen LogP contribution in [0.2, 0.25) is 0 Å². The van der Waals surface area contributed by atoms with Crippen LogP contribution in [0.25, 0.3) is 0 Å². The monoisotopic (exact) mass is 467 g/mol. The lowest BCUT2D eigenvalue weighted by atomic mass is 10.1. The fourth-order valence-corrected chi connectivity index (χ4v) is 7.43. The van der Waals surface area contributed by atoms with Gasteiger partial charge in [0.15, 0.2) is 15.0 Å². The van der Waals surface area contributed by atoms with E-state index in [0.717, 1.165) is 11.1 Å². The highest BCUT2D eigenvalue weighted by molar-refractivity contribution is 8.15. The van der Waals surface area contributed by atoms with Crippen molar-refractivity contribution in [1.29, 1.82) is 0 Å². The van der Waals surface area contributed by atoms with E-state index < -0.39 is 21.5 Å². The molecule has 2 aliphatic heterocycles. The van der Waals surface area contributed by atoms with Gasteiger partial charge < -0.3 is 15.0 Å². The van der Waals surface area contributed by atoms with E-state index in [-0.39, 0.29) is 41.7 Å². The van der Waals surface area contributed by atoms with Crippen LogP contribution in [0.1, 0.15) is 38.3 Å². The number of hydrogen-bond acceptors (Lipinski definition) is 6. The van der Waals surface area contributed by atoms with Gasteiger partial charge in [-0.3, -0.25) is 4.79 Å². The number of ether oxygens (including phenoxy) is 1. The van der Waals surface area contributed by atoms with Gasteiger partial charge in [0.05, 0.1) is 17.5 Å². The summed E-state index contributed by atoms with van der Waals surface area (Å²) < 4.78 is 29.4. The number of nitrogens with zero attached hydrogens (tertiary/aromatic N) is 2. The summed E-state index contributed by atoms with van der Waals surface area (Å²) in [5.41, 5.74) is 1.56. The average molecular weight is 468 g/mol. The molecule has 0 saturated carbocycles. The molecule has 170 valence electrons. The van der Waals surface area contributed by atoms with Gasteiger partial charge in [0, 0.05) is 24.8 Å². The van der Waals surface area contributed by atoms with Crippen molar-refractivity contribution in [2.45, 2.75) is 57.6 Å². The van der Waals surface area contributed by atoms with Crippen LogP contribution in [0.4, 0.5) is 4.79 Å². The van der Waals surface area contributed by atoms with Crippen LogP contribution in [-0.2, 0) is 25.9 Å². The number of aliphatic imine (C=N–C) groups is 1. The first-order valence-corrected chi connectivity index (χ1v) is 12.9. The molecule has 3 rings (SSSR count). The van der Waals surface area contributed by atoms with Gasteiger partial charge in [-0.25, -0.2) is 13.2 Å². The van der Waals surface area contributed by atoms with Crippen molar-refractivity contribution in [2.75, 3.05) is 18.1 Å². The molecule has 2 saturated heterocycles. The number of alkyl carbamates (subject to hydrolysis) is 1. The molecule has 2 heterocycles. The molecular formula is C21H29N3O5S2. The molecule has 1 aromatic rings. The molecule has 2 atom stereocenters. The minimum Gasteiger partial charge on any atom is -0.444 e. The van der Waals surface area contributed by atoms with Crippen molar-refractivity contribution in [3.63, 3.8) is 0 Å². The van der Waals surface area contributed by atoms with Crippen LogP contribution in [0.3, 0.4) is 0 Å². The van der Waals surface area contributed by atoms with Crippen LogP contribution in [0.5, 0.6) is 0 Å². The minimum atomic E-state index is -3.09. The maximum atomic E-state index is 12.4. The number of carbonyl (C=O) groups excluding carboxylic acids is 2. The first-order chi connectivity index (χ1) is 14.4. The second kappa shape index (κ2) is 9.20. The molecule has 2 fully saturated rings. The molecule has 0 aromatic heterocycles. The molecule has 0 unspecified atom stereocenters. The number of nitrogens with one attached hydrogen (secondary N) is 1. The lowest BCUT2D eigenvalue weighted by molar-refractivity contribution is -0.117. The fraction of sp³-hybridized carbons (Fsp3) is 0.571. The van der Waals surface area contributed by atoms with Crippen LogP contribution in [0, 0.1) is 6.92 Å². The molecule has 2 aliphatic rings. The quantitative estimate of drug-likeness (QED) is 0.709. The van der Waals surface area contributed by atoms with Gasteiger partial charge in [0.2, 0.25) is 5.91 Å². The van der Waals surface area contributed by atoms with Crippen molar-refractivity contribution in [3.8, 4) is 0 Å². The molecule has 1 N–H and O–H groups in total. The third-order valence-corrected chi connectivity index (χ3v) is 8.12. The van der Waals surface area contributed by atoms with Crippen LogP contribution in [-0.4, -0.2) is 65.4 Å². The van der Waals surface area contributed by atoms with Gasteiger partial charge in [-0.1, -0.05) is 41.6 Å². The topological polar surface area (TPSA) is 105 Å². The van der Waals surface area contributed by atoms with E-state index in [0.29, 0.717) is 11.7 Å². The third-order valence-electron chi connectivity index (χ3n) is 4.88. The standard InChI is InChI=1S/C21H29N3O5S2/c1-14-5-7-15(8-6-14)11-24-16-12-31(27,28)13-17(16)30-19(24)23-18(25)9-10-22-20(26)29-21(2,3)4/h5-8,16-17H,9-13H2,1-4H3,(H,22,26)/t16-,17-/m1/s1. The number of thioether (sulfide) groups is 1. The van der Waals surface area contributed by atoms with E-state index in [9.17, 15) is 18.0 Å². The lowest BCUT2D eigenvalue weighted by Crippen LogP contribution is -2.37. The smallest absolute Gasteiger partial charge is 0.407 e. The van der Waals surface area contributed by atoms with Crippen LogP contribution in [0.15, 0.2) is 29.3 Å². The summed E-state index contributed by atoms with van der Waals surface area (Å²) in [6, 6.07) is 7.82. The summed E-state index contributed by atoms with van der Waals surface area (Å²) in [4.78, 5) is 30.3. The van der Waals surface area contributed by atoms with Gasteiger partial charge >= 0.3 is 6.09 Å². The molecule has 31 heavy (non-hydrogen) atoms. The number of rotatable bonds is 5. The number of fused-ring (bicyclic) bond motifs is 1. The summed E-state index contributed by atoms with van der Waals surface area (Å²) in [6.07, 6.45) is -0.543. The number of amidine groups is 1. The maximum Gasteiger partial charge on any atom is 0.407 e. The van der Waals surface area contributed by atoms with Crippen molar-refractivity contribution in [2.24, 2.45) is 4.99 Å². The number of aryl methyl sites for hydroxylation is 1. The van der Waals surface area contributed by atoms with Crippen molar-refractivity contribution in [1.82, 2.24) is 10.2 Å². The molecule has 0 bridgehead atoms. The van der Waals surface area contributed by atoms with Gasteiger partial charge in [0.25, 0.3) is 0 Å². The Hall–Kier alpha value is -2.07. The zero-order chi connectivity index (χ0) is 22.8. The summed E-state index contributed by atoms with van der Waals surface area (Å²) in [5, 5.41) is 2.98. The summed E-state index contributed by atoms with van der Waals surface area (Å²) >= 11 is 1.35. The predicted octanol–water partition coefficient (Wildman–Crippen LogP) is 2.51. The van der Waals surface area contributed by atoms with E-state index in [1.807, 2.05) is 36.1 Å². The average Bonchev–Trinajstić information content (AvgIpc) is 3.07. The highest BCUT2D eigenvalue weighted by atomic mass is 32.2. The van der Waals surface area contributed by atoms with Gasteiger partial charge in [0.1, 0.15) is 5.60 Å². The summed E-state index contributed by atoms with van der Waals surface area (Å²) in [6.45, 7) is 7.91. The molecular weight excluding hydrogens is 438 g/mol. The highest BCUT2D eigenvalue weighted by Crippen LogP contribution is 2.39. The predicted molar refractivity (Wildman–Crippen MR) is 122 cm³/mol. The van der Waals surface area contributed by atoms with E-state index in [1.54, 1.807) is 20.8 Å². The largest absolute Gasteiger partial charge is 0.444 e. The first kappa shape index (κ1) is 23.6. The molecule has 0 radical (unpaired) electrons. The molecule has 8 nitrogen and oxygen atoms in total. The van der Waals surface area contributed by atoms with Gasteiger partial charge in [-0.05, 0) is 33.3 Å². The van der Waals surface area contributed by atoms with Crippen molar-refractivity contribution >= 4 is 38.8 Å². The Labute approximate surface area is 187 Å². The Balaban J connectivity index is 1.66. The van der Waals surface area contributed by atoms with Crippen LogP contribution < -0.4 is 5.32 Å². The van der Waals surface area contributed by atoms with Crippen LogP contribution >= 0.6 is 11.8 Å². The zero-order valence-electron chi connectivity index (χ0n) is 18.3. The van der Waals surface area contributed by atoms with Gasteiger partial charge in [-0.15, -0.1) is 0 Å². The number of benzene rings is 1. The molecule has 1 aromatic carbocycles. The molecule has 0 aliphatic carbocycles. The number of hydrogen-bond donors (Lipinski definition) is 1. The molecule has 0 spiro atoms. The Morgan fingerprint density at radius 1 is 1.23 bits per heavy atom. The molecule has 10 heteroatoms. The number of carbonyl (C=O) groups is 2. The summed E-state index contributed by atoms with van der Waals surface area (Å²) in [7, 11) is -3.09. The Bertz CT molecular complexity index is 968. The lowest BCUT2D eigenvalue weighted by Gasteiger charge is -2.24. The number of sulfone groups is 1. The van der Waals surface area contributed by atoms with E-state index >= 15 is 0 Å². The Morgan fingerprint density at radius 2 is 1.90 bits per heavy atom.